The Labute approximate surface area is 129 Å². The predicted octanol–water partition coefficient (Wildman–Crippen LogP) is 1.34. The van der Waals surface area contributed by atoms with Gasteiger partial charge < -0.3 is 14.1 Å². The number of rotatable bonds is 4. The first-order chi connectivity index (χ1) is 10.6. The maximum absolute atomic E-state index is 12.4. The Morgan fingerprint density at radius 1 is 1.23 bits per heavy atom. The molecule has 3 heterocycles. The summed E-state index contributed by atoms with van der Waals surface area (Å²) in [5, 5.41) is -0.0905. The lowest BCUT2D eigenvalue weighted by atomic mass is 10.3. The third-order valence-electron chi connectivity index (χ3n) is 3.54. The number of hydrogen-bond acceptors (Lipinski definition) is 6. The molecule has 0 amide bonds. The van der Waals surface area contributed by atoms with E-state index in [2.05, 4.69) is 9.88 Å². The number of morpholine rings is 1. The highest BCUT2D eigenvalue weighted by atomic mass is 32.2. The Kier molecular flexibility index (Phi) is 4.04. The number of aromatic nitrogens is 1. The molecule has 0 N–H and O–H groups in total. The molecule has 1 saturated heterocycles. The van der Waals surface area contributed by atoms with Crippen molar-refractivity contribution in [1.29, 1.82) is 0 Å². The fourth-order valence-electron chi connectivity index (χ4n) is 2.23. The Morgan fingerprint density at radius 2 is 2.00 bits per heavy atom. The van der Waals surface area contributed by atoms with Crippen LogP contribution >= 0.6 is 0 Å². The van der Waals surface area contributed by atoms with Gasteiger partial charge in [0, 0.05) is 20.1 Å². The molecule has 2 aromatic heterocycles. The van der Waals surface area contributed by atoms with Gasteiger partial charge in [-0.25, -0.2) is 4.98 Å². The molecule has 0 saturated carbocycles. The monoisotopic (exact) mass is 323 g/mol. The van der Waals surface area contributed by atoms with E-state index in [1.54, 1.807) is 18.3 Å². The fourth-order valence-corrected chi connectivity index (χ4v) is 3.31. The lowest BCUT2D eigenvalue weighted by Crippen LogP contribution is -2.36. The SMILES string of the molecule is CN(c1ccc(N2CCOCC2)nc1)S(=O)(=O)c1ccco1. The zero-order valence-electron chi connectivity index (χ0n) is 12.2. The number of anilines is 2. The first-order valence-electron chi connectivity index (χ1n) is 6.90. The van der Waals surface area contributed by atoms with E-state index in [0.717, 1.165) is 23.2 Å². The van der Waals surface area contributed by atoms with E-state index in [4.69, 9.17) is 9.15 Å². The average Bonchev–Trinajstić information content (AvgIpc) is 3.10. The highest BCUT2D eigenvalue weighted by molar-refractivity contribution is 7.92. The summed E-state index contributed by atoms with van der Waals surface area (Å²) in [5.74, 6) is 0.816. The normalized spacial score (nSPS) is 15.8. The van der Waals surface area contributed by atoms with Crippen LogP contribution in [-0.2, 0) is 14.8 Å². The summed E-state index contributed by atoms with van der Waals surface area (Å²) in [6.07, 6.45) is 2.88. The van der Waals surface area contributed by atoms with Gasteiger partial charge in [-0.3, -0.25) is 4.31 Å². The molecule has 1 fully saturated rings. The molecule has 2 aromatic rings. The second-order valence-electron chi connectivity index (χ2n) is 4.88. The van der Waals surface area contributed by atoms with Gasteiger partial charge in [0.25, 0.3) is 10.0 Å². The molecule has 0 bridgehead atoms. The Bertz CT molecular complexity index is 707. The Morgan fingerprint density at radius 3 is 2.59 bits per heavy atom. The lowest BCUT2D eigenvalue weighted by molar-refractivity contribution is 0.122. The summed E-state index contributed by atoms with van der Waals surface area (Å²) in [7, 11) is -2.22. The van der Waals surface area contributed by atoms with E-state index >= 15 is 0 Å². The second kappa shape index (κ2) is 5.98. The van der Waals surface area contributed by atoms with Gasteiger partial charge >= 0.3 is 0 Å². The van der Waals surface area contributed by atoms with Gasteiger partial charge in [-0.15, -0.1) is 0 Å². The number of ether oxygens (including phenoxy) is 1. The molecule has 1 aliphatic heterocycles. The second-order valence-corrected chi connectivity index (χ2v) is 6.78. The highest BCUT2D eigenvalue weighted by Gasteiger charge is 2.24. The van der Waals surface area contributed by atoms with E-state index in [0.29, 0.717) is 18.9 Å². The largest absolute Gasteiger partial charge is 0.451 e. The van der Waals surface area contributed by atoms with Crippen LogP contribution in [0.15, 0.2) is 46.2 Å². The molecule has 8 heteroatoms. The van der Waals surface area contributed by atoms with E-state index in [1.165, 1.54) is 19.4 Å². The maximum Gasteiger partial charge on any atom is 0.297 e. The van der Waals surface area contributed by atoms with E-state index < -0.39 is 10.0 Å². The molecular formula is C14H17N3O4S. The fraction of sp³-hybridized carbons (Fsp3) is 0.357. The van der Waals surface area contributed by atoms with Crippen LogP contribution in [0.1, 0.15) is 0 Å². The van der Waals surface area contributed by atoms with Crippen LogP contribution in [0.2, 0.25) is 0 Å². The van der Waals surface area contributed by atoms with Crippen LogP contribution in [0, 0.1) is 0 Å². The molecule has 0 atom stereocenters. The van der Waals surface area contributed by atoms with Crippen molar-refractivity contribution >= 4 is 21.5 Å². The number of pyridine rings is 1. The van der Waals surface area contributed by atoms with E-state index in [1.807, 2.05) is 6.07 Å². The van der Waals surface area contributed by atoms with Gasteiger partial charge in [0.2, 0.25) is 5.09 Å². The lowest BCUT2D eigenvalue weighted by Gasteiger charge is -2.28. The smallest absolute Gasteiger partial charge is 0.297 e. The molecule has 22 heavy (non-hydrogen) atoms. The van der Waals surface area contributed by atoms with Gasteiger partial charge in [-0.1, -0.05) is 0 Å². The molecule has 0 unspecified atom stereocenters. The number of sulfonamides is 1. The van der Waals surface area contributed by atoms with Crippen LogP contribution in [0.5, 0.6) is 0 Å². The maximum atomic E-state index is 12.4. The summed E-state index contributed by atoms with van der Waals surface area (Å²) >= 11 is 0. The zero-order chi connectivity index (χ0) is 15.6. The van der Waals surface area contributed by atoms with E-state index in [9.17, 15) is 8.42 Å². The predicted molar refractivity (Wildman–Crippen MR) is 81.6 cm³/mol. The van der Waals surface area contributed by atoms with Gasteiger partial charge in [-0.2, -0.15) is 8.42 Å². The van der Waals surface area contributed by atoms with Crippen LogP contribution in [0.25, 0.3) is 0 Å². The van der Waals surface area contributed by atoms with Crippen LogP contribution in [0.4, 0.5) is 11.5 Å². The van der Waals surface area contributed by atoms with Crippen molar-refractivity contribution < 1.29 is 17.6 Å². The van der Waals surface area contributed by atoms with Gasteiger partial charge in [-0.05, 0) is 24.3 Å². The van der Waals surface area contributed by atoms with Crippen LogP contribution in [0.3, 0.4) is 0 Å². The number of nitrogens with zero attached hydrogens (tertiary/aromatic N) is 3. The summed E-state index contributed by atoms with van der Waals surface area (Å²) < 4.78 is 36.2. The van der Waals surface area contributed by atoms with Gasteiger partial charge in [0.1, 0.15) is 5.82 Å². The minimum atomic E-state index is -3.69. The average molecular weight is 323 g/mol. The number of hydrogen-bond donors (Lipinski definition) is 0. The molecule has 0 spiro atoms. The molecule has 7 nitrogen and oxygen atoms in total. The first-order valence-corrected chi connectivity index (χ1v) is 8.34. The molecule has 0 radical (unpaired) electrons. The van der Waals surface area contributed by atoms with Crippen molar-refractivity contribution in [3.8, 4) is 0 Å². The minimum Gasteiger partial charge on any atom is -0.451 e. The molecule has 118 valence electrons. The van der Waals surface area contributed by atoms with Crippen LogP contribution in [-0.4, -0.2) is 46.8 Å². The summed E-state index contributed by atoms with van der Waals surface area (Å²) in [4.78, 5) is 6.46. The van der Waals surface area contributed by atoms with Gasteiger partial charge in [0.15, 0.2) is 0 Å². The summed E-state index contributed by atoms with van der Waals surface area (Å²) in [6, 6.07) is 6.51. The molecule has 0 aliphatic carbocycles. The Balaban J connectivity index is 1.80. The molecular weight excluding hydrogens is 306 g/mol. The van der Waals surface area contributed by atoms with Crippen molar-refractivity contribution in [2.45, 2.75) is 5.09 Å². The summed E-state index contributed by atoms with van der Waals surface area (Å²) in [6.45, 7) is 2.92. The molecule has 3 rings (SSSR count). The van der Waals surface area contributed by atoms with Crippen molar-refractivity contribution in [2.24, 2.45) is 0 Å². The zero-order valence-corrected chi connectivity index (χ0v) is 13.0. The van der Waals surface area contributed by atoms with Crippen molar-refractivity contribution in [2.75, 3.05) is 42.6 Å². The topological polar surface area (TPSA) is 75.9 Å². The van der Waals surface area contributed by atoms with Crippen LogP contribution < -0.4 is 9.21 Å². The highest BCUT2D eigenvalue weighted by Crippen LogP contribution is 2.23. The van der Waals surface area contributed by atoms with Crippen molar-refractivity contribution in [3.05, 3.63) is 36.7 Å². The molecule has 0 aromatic carbocycles. The standard InChI is InChI=1S/C14H17N3O4S/c1-16(22(18,19)14-3-2-8-21-14)12-4-5-13(15-11-12)17-6-9-20-10-7-17/h2-5,8,11H,6-7,9-10H2,1H3. The number of furan rings is 1. The quantitative estimate of drug-likeness (QED) is 0.845. The van der Waals surface area contributed by atoms with Crippen molar-refractivity contribution in [3.63, 3.8) is 0 Å². The van der Waals surface area contributed by atoms with Crippen molar-refractivity contribution in [1.82, 2.24) is 4.98 Å². The summed E-state index contributed by atoms with van der Waals surface area (Å²) in [5.41, 5.74) is 0.480. The third-order valence-corrected chi connectivity index (χ3v) is 5.21. The molecule has 1 aliphatic rings. The van der Waals surface area contributed by atoms with E-state index in [-0.39, 0.29) is 5.09 Å². The third kappa shape index (κ3) is 2.79. The Hall–Kier alpha value is -2.06. The first kappa shape index (κ1) is 14.9. The van der Waals surface area contributed by atoms with Gasteiger partial charge in [0.05, 0.1) is 31.4 Å². The minimum absolute atomic E-state index is 0.0905.